The van der Waals surface area contributed by atoms with E-state index in [1.807, 2.05) is 0 Å². The van der Waals surface area contributed by atoms with E-state index in [1.165, 1.54) is 6.07 Å². The monoisotopic (exact) mass is 334 g/mol. The Morgan fingerprint density at radius 2 is 2.00 bits per heavy atom. The summed E-state index contributed by atoms with van der Waals surface area (Å²) in [7, 11) is 0. The number of aromatic carboxylic acids is 1. The molecular weight excluding hydrogens is 328 g/mol. The van der Waals surface area contributed by atoms with Crippen molar-refractivity contribution in [2.75, 3.05) is 5.33 Å². The van der Waals surface area contributed by atoms with Crippen LogP contribution in [0.3, 0.4) is 0 Å². The number of carbonyl (C=O) groups is 2. The van der Waals surface area contributed by atoms with Gasteiger partial charge in [-0.25, -0.2) is 4.79 Å². The molecule has 0 fully saturated rings. The lowest BCUT2D eigenvalue weighted by Gasteiger charge is -2.04. The second kappa shape index (κ2) is 5.42. The highest BCUT2D eigenvalue weighted by atomic mass is 79.9. The van der Waals surface area contributed by atoms with Crippen molar-refractivity contribution in [1.82, 2.24) is 0 Å². The Morgan fingerprint density at radius 3 is 2.53 bits per heavy atom. The molecule has 80 valence electrons. The summed E-state index contributed by atoms with van der Waals surface area (Å²) in [5.41, 5.74) is 0.703. The van der Waals surface area contributed by atoms with Gasteiger partial charge < -0.3 is 5.11 Å². The van der Waals surface area contributed by atoms with Crippen molar-refractivity contribution in [3.8, 4) is 0 Å². The van der Waals surface area contributed by atoms with Crippen LogP contribution < -0.4 is 0 Å². The van der Waals surface area contributed by atoms with E-state index in [4.69, 9.17) is 5.11 Å². The van der Waals surface area contributed by atoms with E-state index in [0.29, 0.717) is 5.56 Å². The fourth-order valence-corrected chi connectivity index (χ4v) is 1.78. The highest BCUT2D eigenvalue weighted by Gasteiger charge is 2.12. The second-order valence-corrected chi connectivity index (χ2v) is 4.43. The minimum absolute atomic E-state index is 0.0457. The first-order chi connectivity index (χ1) is 7.04. The van der Waals surface area contributed by atoms with Crippen molar-refractivity contribution in [1.29, 1.82) is 0 Å². The minimum atomic E-state index is -1.01. The van der Waals surface area contributed by atoms with Gasteiger partial charge >= 0.3 is 5.97 Å². The summed E-state index contributed by atoms with van der Waals surface area (Å²) in [6.07, 6.45) is 0.131. The third-order valence-electron chi connectivity index (χ3n) is 1.83. The molecule has 0 heterocycles. The summed E-state index contributed by atoms with van der Waals surface area (Å²) in [6, 6.07) is 4.79. The number of ketones is 1. The van der Waals surface area contributed by atoms with E-state index in [0.717, 1.165) is 4.47 Å². The van der Waals surface area contributed by atoms with Crippen molar-refractivity contribution in [2.45, 2.75) is 6.42 Å². The maximum absolute atomic E-state index is 11.2. The lowest BCUT2D eigenvalue weighted by molar-refractivity contribution is -0.115. The van der Waals surface area contributed by atoms with E-state index in [-0.39, 0.29) is 23.1 Å². The van der Waals surface area contributed by atoms with Crippen molar-refractivity contribution in [2.24, 2.45) is 0 Å². The van der Waals surface area contributed by atoms with Crippen LogP contribution in [0.2, 0.25) is 0 Å². The molecule has 0 aliphatic heterocycles. The average Bonchev–Trinajstić information content (AvgIpc) is 2.17. The highest BCUT2D eigenvalue weighted by molar-refractivity contribution is 9.10. The van der Waals surface area contributed by atoms with Crippen LogP contribution in [-0.4, -0.2) is 22.2 Å². The molecule has 15 heavy (non-hydrogen) atoms. The summed E-state index contributed by atoms with van der Waals surface area (Å²) in [5, 5.41) is 9.14. The summed E-state index contributed by atoms with van der Waals surface area (Å²) in [4.78, 5) is 22.1. The molecule has 0 amide bonds. The molecule has 0 unspecified atom stereocenters. The molecule has 0 bridgehead atoms. The third-order valence-corrected chi connectivity index (χ3v) is 2.95. The maximum Gasteiger partial charge on any atom is 0.335 e. The van der Waals surface area contributed by atoms with E-state index in [9.17, 15) is 9.59 Å². The minimum Gasteiger partial charge on any atom is -0.478 e. The van der Waals surface area contributed by atoms with Gasteiger partial charge in [-0.2, -0.15) is 0 Å². The van der Waals surface area contributed by atoms with Crippen LogP contribution in [0.15, 0.2) is 22.7 Å². The number of benzene rings is 1. The molecule has 1 rings (SSSR count). The SMILES string of the molecule is O=C(CBr)Cc1cc(Br)ccc1C(=O)O. The molecule has 1 N–H and O–H groups in total. The molecule has 5 heteroatoms. The molecule has 0 atom stereocenters. The Morgan fingerprint density at radius 1 is 1.33 bits per heavy atom. The molecule has 0 aliphatic carbocycles. The quantitative estimate of drug-likeness (QED) is 0.861. The van der Waals surface area contributed by atoms with Crippen LogP contribution in [-0.2, 0) is 11.2 Å². The number of carboxylic acids is 1. The van der Waals surface area contributed by atoms with E-state index >= 15 is 0 Å². The molecule has 0 radical (unpaired) electrons. The predicted octanol–water partition coefficient (Wildman–Crippen LogP) is 2.65. The lowest BCUT2D eigenvalue weighted by atomic mass is 10.0. The maximum atomic E-state index is 11.2. The van der Waals surface area contributed by atoms with E-state index in [2.05, 4.69) is 31.9 Å². The predicted molar refractivity (Wildman–Crippen MR) is 63.6 cm³/mol. The van der Waals surface area contributed by atoms with Crippen molar-refractivity contribution >= 4 is 43.6 Å². The van der Waals surface area contributed by atoms with Gasteiger partial charge in [0.2, 0.25) is 0 Å². The van der Waals surface area contributed by atoms with Crippen LogP contribution >= 0.6 is 31.9 Å². The first kappa shape index (κ1) is 12.4. The highest BCUT2D eigenvalue weighted by Crippen LogP contribution is 2.17. The normalized spacial score (nSPS) is 10.0. The van der Waals surface area contributed by atoms with Gasteiger partial charge in [0.15, 0.2) is 0 Å². The second-order valence-electron chi connectivity index (χ2n) is 2.96. The number of halogens is 2. The zero-order valence-corrected chi connectivity index (χ0v) is 10.8. The molecule has 0 aliphatic rings. The number of rotatable bonds is 4. The Hall–Kier alpha value is -0.680. The smallest absolute Gasteiger partial charge is 0.335 e. The summed E-state index contributed by atoms with van der Waals surface area (Å²) >= 11 is 6.29. The van der Waals surface area contributed by atoms with Gasteiger partial charge in [0.1, 0.15) is 5.78 Å². The molecule has 1 aromatic rings. The van der Waals surface area contributed by atoms with Gasteiger partial charge in [-0.3, -0.25) is 4.79 Å². The fraction of sp³-hybridized carbons (Fsp3) is 0.200. The van der Waals surface area contributed by atoms with E-state index in [1.54, 1.807) is 12.1 Å². The number of carbonyl (C=O) groups excluding carboxylic acids is 1. The number of carboxylic acid groups (broad SMARTS) is 1. The van der Waals surface area contributed by atoms with Crippen LogP contribution in [0.1, 0.15) is 15.9 Å². The average molecular weight is 336 g/mol. The number of Topliss-reactive ketones (excluding diaryl/α,β-unsaturated/α-hetero) is 1. The van der Waals surface area contributed by atoms with Gasteiger partial charge in [-0.1, -0.05) is 31.9 Å². The lowest BCUT2D eigenvalue weighted by Crippen LogP contribution is -2.09. The van der Waals surface area contributed by atoms with Crippen LogP contribution in [0.5, 0.6) is 0 Å². The largest absolute Gasteiger partial charge is 0.478 e. The third kappa shape index (κ3) is 3.43. The molecule has 0 saturated carbocycles. The van der Waals surface area contributed by atoms with Gasteiger partial charge in [0.05, 0.1) is 10.9 Å². The topological polar surface area (TPSA) is 54.4 Å². The van der Waals surface area contributed by atoms with E-state index < -0.39 is 5.97 Å². The summed E-state index contributed by atoms with van der Waals surface area (Å²) in [6.45, 7) is 0. The number of hydrogen-bond donors (Lipinski definition) is 1. The fourth-order valence-electron chi connectivity index (χ4n) is 1.18. The molecule has 0 saturated heterocycles. The zero-order chi connectivity index (χ0) is 11.4. The van der Waals surface area contributed by atoms with Crippen molar-refractivity contribution in [3.05, 3.63) is 33.8 Å². The Kier molecular flexibility index (Phi) is 4.47. The molecule has 0 aromatic heterocycles. The first-order valence-electron chi connectivity index (χ1n) is 4.14. The molecule has 0 spiro atoms. The standard InChI is InChI=1S/C10H8Br2O3/c11-5-8(13)4-6-3-7(12)1-2-9(6)10(14)15/h1-3H,4-5H2,(H,14,15). The van der Waals surface area contributed by atoms with Gasteiger partial charge in [-0.05, 0) is 23.8 Å². The Balaban J connectivity index is 3.07. The van der Waals surface area contributed by atoms with Crippen molar-refractivity contribution in [3.63, 3.8) is 0 Å². The van der Waals surface area contributed by atoms with Crippen LogP contribution in [0.25, 0.3) is 0 Å². The molecular formula is C10H8Br2O3. The summed E-state index contributed by atoms with van der Waals surface area (Å²) < 4.78 is 0.768. The zero-order valence-electron chi connectivity index (χ0n) is 7.67. The number of alkyl halides is 1. The molecule has 3 nitrogen and oxygen atoms in total. The number of hydrogen-bond acceptors (Lipinski definition) is 2. The summed E-state index contributed by atoms with van der Waals surface area (Å²) in [5.74, 6) is -1.06. The van der Waals surface area contributed by atoms with Gasteiger partial charge in [-0.15, -0.1) is 0 Å². The first-order valence-corrected chi connectivity index (χ1v) is 6.05. The van der Waals surface area contributed by atoms with Crippen LogP contribution in [0.4, 0.5) is 0 Å². The van der Waals surface area contributed by atoms with Crippen molar-refractivity contribution < 1.29 is 14.7 Å². The van der Waals surface area contributed by atoms with Gasteiger partial charge in [0, 0.05) is 10.9 Å². The Labute approximate surface area is 104 Å². The Bertz CT molecular complexity index is 402. The molecule has 1 aromatic carbocycles. The van der Waals surface area contributed by atoms with Gasteiger partial charge in [0.25, 0.3) is 0 Å². The van der Waals surface area contributed by atoms with Crippen LogP contribution in [0, 0.1) is 0 Å².